The van der Waals surface area contributed by atoms with Gasteiger partial charge in [0.25, 0.3) is 0 Å². The van der Waals surface area contributed by atoms with Gasteiger partial charge in [-0.1, -0.05) is 6.08 Å². The third-order valence-corrected chi connectivity index (χ3v) is 5.73. The molecule has 2 N–H and O–H groups in total. The molecule has 0 bridgehead atoms. The van der Waals surface area contributed by atoms with Crippen molar-refractivity contribution in [3.8, 4) is 0 Å². The summed E-state index contributed by atoms with van der Waals surface area (Å²) in [6.45, 7) is 4.11. The molecule has 138 valence electrons. The number of nitrogens with one attached hydrogen (secondary N) is 2. The van der Waals surface area contributed by atoms with Gasteiger partial charge in [0, 0.05) is 44.0 Å². The van der Waals surface area contributed by atoms with Crippen LogP contribution in [0.5, 0.6) is 0 Å². The fourth-order valence-corrected chi connectivity index (χ4v) is 4.07. The summed E-state index contributed by atoms with van der Waals surface area (Å²) >= 11 is 0. The van der Waals surface area contributed by atoms with Crippen molar-refractivity contribution in [3.05, 3.63) is 23.0 Å². The fraction of sp³-hybridized carbons (Fsp3) is 0.684. The van der Waals surface area contributed by atoms with Gasteiger partial charge in [-0.05, 0) is 51.6 Å². The zero-order chi connectivity index (χ0) is 18.0. The van der Waals surface area contributed by atoms with Crippen molar-refractivity contribution >= 4 is 11.8 Å². The molecule has 6 nitrogen and oxygen atoms in total. The van der Waals surface area contributed by atoms with E-state index in [0.717, 1.165) is 38.8 Å². The minimum atomic E-state index is -0.199. The molecule has 0 aromatic rings. The molecule has 2 aliphatic heterocycles. The standard InChI is InChI=1S/C19H30N4O2/c1-13(20-2)9-11-22(3)15-5-4-6-16-14(15)10-12-23(16)17-7-8-18(24)21-19(17)25/h6,13,17,20H,4-5,7-12H2,1-3H3,(H,21,24,25). The van der Waals surface area contributed by atoms with E-state index in [1.807, 2.05) is 7.05 Å². The lowest BCUT2D eigenvalue weighted by atomic mass is 9.97. The maximum absolute atomic E-state index is 12.3. The molecule has 6 heteroatoms. The number of likely N-dealkylation sites (tertiary alicyclic amines) is 1. The van der Waals surface area contributed by atoms with Gasteiger partial charge in [-0.2, -0.15) is 0 Å². The molecule has 25 heavy (non-hydrogen) atoms. The zero-order valence-electron chi connectivity index (χ0n) is 15.6. The van der Waals surface area contributed by atoms with E-state index in [4.69, 9.17) is 0 Å². The van der Waals surface area contributed by atoms with Crippen LogP contribution in [0, 0.1) is 0 Å². The van der Waals surface area contributed by atoms with Crippen LogP contribution >= 0.6 is 0 Å². The number of hydrogen-bond acceptors (Lipinski definition) is 5. The molecule has 2 heterocycles. The number of rotatable bonds is 6. The monoisotopic (exact) mass is 346 g/mol. The molecule has 3 rings (SSSR count). The molecule has 0 spiro atoms. The van der Waals surface area contributed by atoms with Gasteiger partial charge in [-0.25, -0.2) is 0 Å². The molecule has 0 aromatic heterocycles. The molecular formula is C19H30N4O2. The number of amides is 2. The number of imide groups is 1. The number of piperidine rings is 1. The van der Waals surface area contributed by atoms with Gasteiger partial charge in [0.1, 0.15) is 6.04 Å². The molecule has 2 unspecified atom stereocenters. The lowest BCUT2D eigenvalue weighted by molar-refractivity contribution is -0.136. The highest BCUT2D eigenvalue weighted by atomic mass is 16.2. The van der Waals surface area contributed by atoms with Crippen molar-refractivity contribution in [1.82, 2.24) is 20.4 Å². The average Bonchev–Trinajstić information content (AvgIpc) is 3.03. The van der Waals surface area contributed by atoms with Gasteiger partial charge in [-0.15, -0.1) is 0 Å². The van der Waals surface area contributed by atoms with Crippen molar-refractivity contribution in [2.75, 3.05) is 27.2 Å². The zero-order valence-corrected chi connectivity index (χ0v) is 15.6. The summed E-state index contributed by atoms with van der Waals surface area (Å²) in [5.41, 5.74) is 4.05. The van der Waals surface area contributed by atoms with Gasteiger partial charge < -0.3 is 15.1 Å². The Balaban J connectivity index is 1.73. The van der Waals surface area contributed by atoms with Crippen LogP contribution < -0.4 is 10.6 Å². The van der Waals surface area contributed by atoms with Gasteiger partial charge >= 0.3 is 0 Å². The minimum absolute atomic E-state index is 0.137. The third kappa shape index (κ3) is 3.73. The maximum Gasteiger partial charge on any atom is 0.249 e. The third-order valence-electron chi connectivity index (χ3n) is 5.73. The highest BCUT2D eigenvalue weighted by Crippen LogP contribution is 2.38. The number of hydrogen-bond donors (Lipinski definition) is 2. The minimum Gasteiger partial charge on any atom is -0.378 e. The van der Waals surface area contributed by atoms with Crippen LogP contribution in [0.15, 0.2) is 23.0 Å². The maximum atomic E-state index is 12.3. The fourth-order valence-electron chi connectivity index (χ4n) is 4.07. The van der Waals surface area contributed by atoms with Crippen LogP contribution in [0.4, 0.5) is 0 Å². The molecule has 1 aliphatic carbocycles. The molecule has 2 atom stereocenters. The number of carbonyl (C=O) groups excluding carboxylic acids is 2. The van der Waals surface area contributed by atoms with Crippen LogP contribution in [0.3, 0.4) is 0 Å². The van der Waals surface area contributed by atoms with Crippen LogP contribution in [-0.2, 0) is 9.59 Å². The summed E-state index contributed by atoms with van der Waals surface area (Å²) in [5.74, 6) is -0.283. The van der Waals surface area contributed by atoms with E-state index < -0.39 is 0 Å². The summed E-state index contributed by atoms with van der Waals surface area (Å²) < 4.78 is 0. The first kappa shape index (κ1) is 18.0. The molecule has 2 saturated heterocycles. The van der Waals surface area contributed by atoms with Crippen molar-refractivity contribution in [2.24, 2.45) is 0 Å². The van der Waals surface area contributed by atoms with Gasteiger partial charge in [-0.3, -0.25) is 14.9 Å². The first-order chi connectivity index (χ1) is 12.0. The topological polar surface area (TPSA) is 64.7 Å². The van der Waals surface area contributed by atoms with Crippen LogP contribution in [0.1, 0.15) is 45.4 Å². The predicted molar refractivity (Wildman–Crippen MR) is 97.6 cm³/mol. The Morgan fingerprint density at radius 1 is 1.36 bits per heavy atom. The highest BCUT2D eigenvalue weighted by molar-refractivity contribution is 6.00. The number of carbonyl (C=O) groups is 2. The molecule has 2 amide bonds. The molecule has 0 radical (unpaired) electrons. The Bertz CT molecular complexity index is 611. The van der Waals surface area contributed by atoms with Crippen molar-refractivity contribution < 1.29 is 9.59 Å². The van der Waals surface area contributed by atoms with E-state index in [2.05, 4.69) is 40.5 Å². The molecular weight excluding hydrogens is 316 g/mol. The Labute approximate surface area is 150 Å². The largest absolute Gasteiger partial charge is 0.378 e. The molecule has 3 aliphatic rings. The van der Waals surface area contributed by atoms with Crippen LogP contribution in [0.2, 0.25) is 0 Å². The summed E-state index contributed by atoms with van der Waals surface area (Å²) in [4.78, 5) is 28.3. The highest BCUT2D eigenvalue weighted by Gasteiger charge is 2.38. The second kappa shape index (κ2) is 7.60. The number of allylic oxidation sites excluding steroid dienone is 3. The lowest BCUT2D eigenvalue weighted by Gasteiger charge is -2.34. The summed E-state index contributed by atoms with van der Waals surface area (Å²) in [7, 11) is 4.19. The van der Waals surface area contributed by atoms with Crippen LogP contribution in [0.25, 0.3) is 0 Å². The summed E-state index contributed by atoms with van der Waals surface area (Å²) in [6, 6.07) is 0.311. The Morgan fingerprint density at radius 2 is 2.16 bits per heavy atom. The molecule has 0 saturated carbocycles. The predicted octanol–water partition coefficient (Wildman–Crippen LogP) is 1.36. The number of nitrogens with zero attached hydrogens (tertiary/aromatic N) is 2. The lowest BCUT2D eigenvalue weighted by Crippen LogP contribution is -2.51. The van der Waals surface area contributed by atoms with E-state index in [1.165, 1.54) is 17.0 Å². The van der Waals surface area contributed by atoms with E-state index >= 15 is 0 Å². The van der Waals surface area contributed by atoms with Gasteiger partial charge in [0.2, 0.25) is 11.8 Å². The quantitative estimate of drug-likeness (QED) is 0.711. The van der Waals surface area contributed by atoms with Gasteiger partial charge in [0.15, 0.2) is 0 Å². The van der Waals surface area contributed by atoms with Crippen molar-refractivity contribution in [1.29, 1.82) is 0 Å². The van der Waals surface area contributed by atoms with E-state index in [-0.39, 0.29) is 17.9 Å². The Kier molecular flexibility index (Phi) is 5.47. The second-order valence-electron chi connectivity index (χ2n) is 7.36. The van der Waals surface area contributed by atoms with E-state index in [1.54, 1.807) is 0 Å². The number of fused-ring (bicyclic) bond motifs is 1. The normalized spacial score (nSPS) is 24.8. The SMILES string of the molecule is CNC(C)CCN(C)C1=C2CCN(C3CCC(=O)NC3=O)C2=CCC1. The van der Waals surface area contributed by atoms with Crippen LogP contribution in [-0.4, -0.2) is 60.9 Å². The van der Waals surface area contributed by atoms with Crippen molar-refractivity contribution in [3.63, 3.8) is 0 Å². The first-order valence-electron chi connectivity index (χ1n) is 9.42. The Morgan fingerprint density at radius 3 is 2.88 bits per heavy atom. The first-order valence-corrected chi connectivity index (χ1v) is 9.42. The smallest absolute Gasteiger partial charge is 0.249 e. The molecule has 0 aromatic carbocycles. The molecule has 2 fully saturated rings. The summed E-state index contributed by atoms with van der Waals surface area (Å²) in [6.07, 6.45) is 7.54. The van der Waals surface area contributed by atoms with E-state index in [0.29, 0.717) is 18.9 Å². The average molecular weight is 346 g/mol. The van der Waals surface area contributed by atoms with E-state index in [9.17, 15) is 9.59 Å². The van der Waals surface area contributed by atoms with Crippen molar-refractivity contribution in [2.45, 2.75) is 57.5 Å². The second-order valence-corrected chi connectivity index (χ2v) is 7.36. The summed E-state index contributed by atoms with van der Waals surface area (Å²) in [5, 5.41) is 5.79. The van der Waals surface area contributed by atoms with Gasteiger partial charge in [0.05, 0.1) is 0 Å². The Hall–Kier alpha value is -1.82.